The van der Waals surface area contributed by atoms with E-state index in [1.807, 2.05) is 0 Å². The number of halogens is 4. The highest BCUT2D eigenvalue weighted by Crippen LogP contribution is 2.37. The van der Waals surface area contributed by atoms with Crippen LogP contribution in [0.1, 0.15) is 5.56 Å². The summed E-state index contributed by atoms with van der Waals surface area (Å²) in [5.74, 6) is 0.400. The molecule has 1 fully saturated rings. The highest BCUT2D eigenvalue weighted by molar-refractivity contribution is 9.10. The van der Waals surface area contributed by atoms with E-state index < -0.39 is 6.61 Å². The number of hydrogen-bond acceptors (Lipinski definition) is 5. The smallest absolute Gasteiger partial charge is 0.387 e. The van der Waals surface area contributed by atoms with Crippen LogP contribution >= 0.6 is 28.3 Å². The van der Waals surface area contributed by atoms with E-state index in [1.54, 1.807) is 12.1 Å². The number of methoxy groups -OCH3 is 1. The van der Waals surface area contributed by atoms with Crippen LogP contribution in [0.25, 0.3) is 0 Å². The molecular formula is C14H20BrClF2N2O3. The molecule has 1 aromatic rings. The van der Waals surface area contributed by atoms with Gasteiger partial charge in [0.05, 0.1) is 17.7 Å². The quantitative estimate of drug-likeness (QED) is 0.635. The van der Waals surface area contributed by atoms with Gasteiger partial charge < -0.3 is 25.2 Å². The lowest BCUT2D eigenvalue weighted by Crippen LogP contribution is -2.30. The summed E-state index contributed by atoms with van der Waals surface area (Å²) in [6.45, 7) is -0.310. The van der Waals surface area contributed by atoms with Crippen molar-refractivity contribution in [1.82, 2.24) is 10.6 Å². The third-order valence-corrected chi connectivity index (χ3v) is 4.13. The fraction of sp³-hybridized carbons (Fsp3) is 0.571. The molecule has 0 aromatic heterocycles. The van der Waals surface area contributed by atoms with Crippen LogP contribution in [0, 0.1) is 5.92 Å². The highest BCUT2D eigenvalue weighted by atomic mass is 79.9. The summed E-state index contributed by atoms with van der Waals surface area (Å²) in [5, 5.41) is 16.1. The standard InChI is InChI=1S/C14H19BrF2N2O3.ClH/c1-21-12-3-8(2-10(15)13(12)22-14(16)17)4-18-5-9-6-19-7-11(9)20;/h2-3,9,11,14,18-20H,4-7H2,1H3;1H. The lowest BCUT2D eigenvalue weighted by Gasteiger charge is -2.16. The average Bonchev–Trinajstić information content (AvgIpc) is 2.86. The number of rotatable bonds is 7. The van der Waals surface area contributed by atoms with Crippen LogP contribution < -0.4 is 20.1 Å². The molecular weight excluding hydrogens is 398 g/mol. The molecule has 0 radical (unpaired) electrons. The fourth-order valence-electron chi connectivity index (χ4n) is 2.41. The summed E-state index contributed by atoms with van der Waals surface area (Å²) in [6, 6.07) is 3.36. The Labute approximate surface area is 148 Å². The summed E-state index contributed by atoms with van der Waals surface area (Å²) in [4.78, 5) is 0. The van der Waals surface area contributed by atoms with Gasteiger partial charge in [0, 0.05) is 32.1 Å². The predicted molar refractivity (Wildman–Crippen MR) is 88.6 cm³/mol. The third-order valence-electron chi connectivity index (χ3n) is 3.54. The number of aliphatic hydroxyl groups excluding tert-OH is 1. The van der Waals surface area contributed by atoms with Crippen LogP contribution in [-0.2, 0) is 6.54 Å². The SMILES string of the molecule is COc1cc(CNCC2CNCC2O)cc(Br)c1OC(F)F.Cl. The number of nitrogens with one attached hydrogen (secondary N) is 2. The summed E-state index contributed by atoms with van der Waals surface area (Å²) in [6.07, 6.45) is -0.337. The minimum atomic E-state index is -2.91. The van der Waals surface area contributed by atoms with Gasteiger partial charge in [-0.15, -0.1) is 12.4 Å². The Bertz CT molecular complexity index is 511. The molecule has 1 heterocycles. The van der Waals surface area contributed by atoms with E-state index in [-0.39, 0.29) is 35.9 Å². The minimum absolute atomic E-state index is 0. The van der Waals surface area contributed by atoms with Gasteiger partial charge in [0.15, 0.2) is 11.5 Å². The van der Waals surface area contributed by atoms with E-state index >= 15 is 0 Å². The molecule has 1 aromatic carbocycles. The minimum Gasteiger partial charge on any atom is -0.493 e. The maximum atomic E-state index is 12.4. The fourth-order valence-corrected chi connectivity index (χ4v) is 2.99. The Kier molecular flexibility index (Phi) is 8.49. The lowest BCUT2D eigenvalue weighted by molar-refractivity contribution is -0.0517. The molecule has 1 aliphatic heterocycles. The zero-order valence-electron chi connectivity index (χ0n) is 12.5. The first-order valence-corrected chi connectivity index (χ1v) is 7.71. The second-order valence-corrected chi connectivity index (χ2v) is 5.96. The zero-order valence-corrected chi connectivity index (χ0v) is 14.9. The van der Waals surface area contributed by atoms with Crippen molar-refractivity contribution in [1.29, 1.82) is 0 Å². The van der Waals surface area contributed by atoms with Crippen molar-refractivity contribution in [3.8, 4) is 11.5 Å². The molecule has 1 saturated heterocycles. The maximum absolute atomic E-state index is 12.4. The second kappa shape index (κ2) is 9.58. The topological polar surface area (TPSA) is 62.8 Å². The Hall–Kier alpha value is -0.670. The van der Waals surface area contributed by atoms with Crippen molar-refractivity contribution in [3.63, 3.8) is 0 Å². The van der Waals surface area contributed by atoms with Crippen molar-refractivity contribution < 1.29 is 23.4 Å². The Morgan fingerprint density at radius 1 is 1.43 bits per heavy atom. The van der Waals surface area contributed by atoms with Gasteiger partial charge in [0.1, 0.15) is 0 Å². The van der Waals surface area contributed by atoms with Crippen molar-refractivity contribution in [3.05, 3.63) is 22.2 Å². The summed E-state index contributed by atoms with van der Waals surface area (Å²) in [5.41, 5.74) is 0.866. The molecule has 2 unspecified atom stereocenters. The van der Waals surface area contributed by atoms with Gasteiger partial charge in [-0.2, -0.15) is 8.78 Å². The Balaban J connectivity index is 0.00000264. The molecule has 5 nitrogen and oxygen atoms in total. The molecule has 1 aliphatic rings. The monoisotopic (exact) mass is 416 g/mol. The van der Waals surface area contributed by atoms with Crippen LogP contribution in [0.3, 0.4) is 0 Å². The van der Waals surface area contributed by atoms with Gasteiger partial charge in [-0.05, 0) is 33.6 Å². The molecule has 0 aliphatic carbocycles. The van der Waals surface area contributed by atoms with Gasteiger partial charge in [-0.3, -0.25) is 0 Å². The molecule has 132 valence electrons. The van der Waals surface area contributed by atoms with E-state index in [1.165, 1.54) is 7.11 Å². The zero-order chi connectivity index (χ0) is 16.1. The van der Waals surface area contributed by atoms with Crippen molar-refractivity contribution in [2.45, 2.75) is 19.3 Å². The summed E-state index contributed by atoms with van der Waals surface area (Å²) < 4.78 is 34.7. The van der Waals surface area contributed by atoms with Crippen molar-refractivity contribution in [2.75, 3.05) is 26.7 Å². The van der Waals surface area contributed by atoms with Crippen molar-refractivity contribution >= 4 is 28.3 Å². The van der Waals surface area contributed by atoms with E-state index in [0.717, 1.165) is 12.1 Å². The largest absolute Gasteiger partial charge is 0.493 e. The average molecular weight is 418 g/mol. The third kappa shape index (κ3) is 5.72. The molecule has 0 bridgehead atoms. The highest BCUT2D eigenvalue weighted by Gasteiger charge is 2.24. The van der Waals surface area contributed by atoms with Crippen LogP contribution in [0.5, 0.6) is 11.5 Å². The van der Waals surface area contributed by atoms with Gasteiger partial charge in [-0.1, -0.05) is 0 Å². The van der Waals surface area contributed by atoms with Crippen LogP contribution in [0.2, 0.25) is 0 Å². The number of aliphatic hydroxyl groups is 1. The molecule has 0 amide bonds. The summed E-state index contributed by atoms with van der Waals surface area (Å²) >= 11 is 3.22. The second-order valence-electron chi connectivity index (χ2n) is 5.10. The van der Waals surface area contributed by atoms with Crippen LogP contribution in [-0.4, -0.2) is 44.6 Å². The number of β-amino-alcohol motifs (C(OH)–C–C–N with tert-alkyl or cyclic N) is 1. The molecule has 3 N–H and O–H groups in total. The van der Waals surface area contributed by atoms with E-state index in [9.17, 15) is 13.9 Å². The normalized spacial score (nSPS) is 20.4. The van der Waals surface area contributed by atoms with Crippen LogP contribution in [0.15, 0.2) is 16.6 Å². The maximum Gasteiger partial charge on any atom is 0.387 e. The van der Waals surface area contributed by atoms with E-state index in [4.69, 9.17) is 4.74 Å². The number of benzene rings is 1. The molecule has 0 saturated carbocycles. The first-order chi connectivity index (χ1) is 10.5. The molecule has 2 atom stereocenters. The number of alkyl halides is 2. The Morgan fingerprint density at radius 3 is 2.74 bits per heavy atom. The van der Waals surface area contributed by atoms with Gasteiger partial charge in [-0.25, -0.2) is 0 Å². The van der Waals surface area contributed by atoms with Gasteiger partial charge >= 0.3 is 6.61 Å². The Morgan fingerprint density at radius 2 is 2.17 bits per heavy atom. The first-order valence-electron chi connectivity index (χ1n) is 6.92. The molecule has 9 heteroatoms. The number of ether oxygens (including phenoxy) is 2. The van der Waals surface area contributed by atoms with Crippen molar-refractivity contribution in [2.24, 2.45) is 5.92 Å². The van der Waals surface area contributed by atoms with Crippen LogP contribution in [0.4, 0.5) is 8.78 Å². The first kappa shape index (κ1) is 20.4. The predicted octanol–water partition coefficient (Wildman–Crippen LogP) is 2.15. The van der Waals surface area contributed by atoms with E-state index in [2.05, 4.69) is 31.3 Å². The number of hydrogen-bond donors (Lipinski definition) is 3. The molecule has 23 heavy (non-hydrogen) atoms. The van der Waals surface area contributed by atoms with E-state index in [0.29, 0.717) is 24.1 Å². The lowest BCUT2D eigenvalue weighted by atomic mass is 10.1. The summed E-state index contributed by atoms with van der Waals surface area (Å²) in [7, 11) is 1.40. The van der Waals surface area contributed by atoms with Gasteiger partial charge in [0.25, 0.3) is 0 Å². The molecule has 2 rings (SSSR count). The molecule has 0 spiro atoms. The van der Waals surface area contributed by atoms with Gasteiger partial charge in [0.2, 0.25) is 0 Å².